The van der Waals surface area contributed by atoms with Gasteiger partial charge in [0.05, 0.1) is 38.1 Å². The number of ether oxygens (including phenoxy) is 4. The molecule has 11 heteroatoms. The van der Waals surface area contributed by atoms with Crippen LogP contribution in [0, 0.1) is 0 Å². The molecule has 0 aliphatic rings. The second kappa shape index (κ2) is 12.3. The Morgan fingerprint density at radius 1 is 1.00 bits per heavy atom. The first-order valence-corrected chi connectivity index (χ1v) is 10.7. The minimum atomic E-state index is -1.45. The molecule has 0 spiro atoms. The summed E-state index contributed by atoms with van der Waals surface area (Å²) >= 11 is 12.5. The lowest BCUT2D eigenvalue weighted by atomic mass is 10.2. The van der Waals surface area contributed by atoms with Gasteiger partial charge in [-0.05, 0) is 32.9 Å². The number of Topliss-reactive ketones (excluding diaryl/α,β-unsaturated/α-hetero) is 1. The number of nitrogens with one attached hydrogen (secondary N) is 1. The molecule has 1 atom stereocenters. The molecule has 2 aromatic rings. The average Bonchev–Trinajstić information content (AvgIpc) is 2.78. The number of halogens is 2. The van der Waals surface area contributed by atoms with E-state index in [-0.39, 0.29) is 16.5 Å². The molecule has 9 nitrogen and oxygen atoms in total. The number of rotatable bonds is 11. The second-order valence-electron chi connectivity index (χ2n) is 6.50. The van der Waals surface area contributed by atoms with E-state index in [4.69, 9.17) is 42.1 Å². The molecule has 0 fully saturated rings. The van der Waals surface area contributed by atoms with Gasteiger partial charge in [0.25, 0.3) is 5.91 Å². The van der Waals surface area contributed by atoms with Crippen molar-refractivity contribution in [3.05, 3.63) is 34.3 Å². The van der Waals surface area contributed by atoms with Crippen molar-refractivity contribution in [2.75, 3.05) is 32.8 Å². The molecule has 1 amide bonds. The molecule has 2 rings (SSSR count). The number of hydrogen-bond acceptors (Lipinski definition) is 8. The number of carbonyl (C=O) groups is 2. The lowest BCUT2D eigenvalue weighted by molar-refractivity contribution is -0.126. The summed E-state index contributed by atoms with van der Waals surface area (Å²) in [5.74, 6) is -0.0298. The second-order valence-corrected chi connectivity index (χ2v) is 7.28. The van der Waals surface area contributed by atoms with Crippen molar-refractivity contribution in [3.63, 3.8) is 0 Å². The van der Waals surface area contributed by atoms with Crippen LogP contribution in [-0.2, 0) is 9.59 Å². The smallest absolute Gasteiger partial charge is 0.258 e. The number of nitrogens with zero attached hydrogens (tertiary/aromatic N) is 2. The van der Waals surface area contributed by atoms with Crippen molar-refractivity contribution in [1.29, 1.82) is 0 Å². The van der Waals surface area contributed by atoms with Gasteiger partial charge in [0.2, 0.25) is 6.04 Å². The van der Waals surface area contributed by atoms with Crippen molar-refractivity contribution < 1.29 is 28.5 Å². The molecule has 0 aromatic heterocycles. The Labute approximate surface area is 202 Å². The Morgan fingerprint density at radius 2 is 1.61 bits per heavy atom. The minimum Gasteiger partial charge on any atom is -0.493 e. The number of methoxy groups -OCH3 is 2. The van der Waals surface area contributed by atoms with E-state index >= 15 is 0 Å². The van der Waals surface area contributed by atoms with Gasteiger partial charge in [-0.25, -0.2) is 0 Å². The molecule has 0 aliphatic carbocycles. The first-order valence-electron chi connectivity index (χ1n) is 9.99. The third-order valence-electron chi connectivity index (χ3n) is 4.26. The maximum Gasteiger partial charge on any atom is 0.258 e. The highest BCUT2D eigenvalue weighted by molar-refractivity contribution is 6.34. The molecule has 0 radical (unpaired) electrons. The lowest BCUT2D eigenvalue weighted by Gasteiger charge is -2.16. The van der Waals surface area contributed by atoms with Gasteiger partial charge in [0, 0.05) is 12.1 Å². The highest BCUT2D eigenvalue weighted by Crippen LogP contribution is 2.41. The maximum atomic E-state index is 12.9. The molecule has 0 saturated carbocycles. The zero-order valence-electron chi connectivity index (χ0n) is 18.9. The Morgan fingerprint density at radius 3 is 2.09 bits per heavy atom. The summed E-state index contributed by atoms with van der Waals surface area (Å²) in [5.41, 5.74) is 0.441. The van der Waals surface area contributed by atoms with E-state index in [2.05, 4.69) is 15.5 Å². The van der Waals surface area contributed by atoms with Crippen LogP contribution in [0.3, 0.4) is 0 Å². The molecule has 0 aliphatic heterocycles. The summed E-state index contributed by atoms with van der Waals surface area (Å²) in [4.78, 5) is 25.1. The van der Waals surface area contributed by atoms with Gasteiger partial charge in [-0.1, -0.05) is 23.2 Å². The fourth-order valence-corrected chi connectivity index (χ4v) is 3.21. The third kappa shape index (κ3) is 6.49. The average molecular weight is 498 g/mol. The number of anilines is 1. The lowest BCUT2D eigenvalue weighted by Crippen LogP contribution is -2.32. The molecule has 2 aromatic carbocycles. The van der Waals surface area contributed by atoms with Crippen molar-refractivity contribution in [1.82, 2.24) is 0 Å². The highest BCUT2D eigenvalue weighted by atomic mass is 35.5. The summed E-state index contributed by atoms with van der Waals surface area (Å²) in [7, 11) is 2.85. The standard InChI is InChI=1S/C22H25Cl2N3O6/c1-6-32-16-10-13(11-17(18(16)24)33-7-2)26-27-19(12(3)28)22(29)25-20-14(23)8-9-15(30-4)21(20)31-5/h8-11,19H,6-7H2,1-5H3,(H,25,29). The van der Waals surface area contributed by atoms with Crippen LogP contribution in [0.5, 0.6) is 23.0 Å². The zero-order chi connectivity index (χ0) is 24.5. The van der Waals surface area contributed by atoms with Gasteiger partial charge < -0.3 is 24.3 Å². The third-order valence-corrected chi connectivity index (χ3v) is 4.94. The van der Waals surface area contributed by atoms with Crippen LogP contribution in [-0.4, -0.2) is 45.2 Å². The molecule has 0 heterocycles. The maximum absolute atomic E-state index is 12.9. The molecular formula is C22H25Cl2N3O6. The number of ketones is 1. The summed E-state index contributed by atoms with van der Waals surface area (Å²) in [6.45, 7) is 5.58. The van der Waals surface area contributed by atoms with Gasteiger partial charge in [-0.15, -0.1) is 0 Å². The molecule has 0 saturated heterocycles. The van der Waals surface area contributed by atoms with Crippen LogP contribution >= 0.6 is 23.2 Å². The molecule has 1 N–H and O–H groups in total. The summed E-state index contributed by atoms with van der Waals surface area (Å²) in [5, 5.41) is 11.1. The first-order chi connectivity index (χ1) is 15.8. The van der Waals surface area contributed by atoms with Crippen molar-refractivity contribution in [2.24, 2.45) is 10.2 Å². The highest BCUT2D eigenvalue weighted by Gasteiger charge is 2.26. The van der Waals surface area contributed by atoms with E-state index in [1.54, 1.807) is 19.9 Å². The molecule has 0 bridgehead atoms. The Hall–Kier alpha value is -3.04. The van der Waals surface area contributed by atoms with Crippen molar-refractivity contribution in [3.8, 4) is 23.0 Å². The predicted octanol–water partition coefficient (Wildman–Crippen LogP) is 5.49. The van der Waals surface area contributed by atoms with E-state index in [0.29, 0.717) is 41.2 Å². The molecule has 1 unspecified atom stereocenters. The monoisotopic (exact) mass is 497 g/mol. The number of carbonyl (C=O) groups excluding carboxylic acids is 2. The summed E-state index contributed by atoms with van der Waals surface area (Å²) in [6, 6.07) is 4.75. The quantitative estimate of drug-likeness (QED) is 0.324. The number of hydrogen-bond donors (Lipinski definition) is 1. The normalized spacial score (nSPS) is 11.7. The van der Waals surface area contributed by atoms with Crippen LogP contribution in [0.4, 0.5) is 11.4 Å². The van der Waals surface area contributed by atoms with Gasteiger partial charge in [0.1, 0.15) is 22.2 Å². The van der Waals surface area contributed by atoms with Crippen LogP contribution in [0.25, 0.3) is 0 Å². The zero-order valence-corrected chi connectivity index (χ0v) is 20.4. The Bertz CT molecular complexity index is 1020. The number of azo groups is 1. The molecule has 33 heavy (non-hydrogen) atoms. The van der Waals surface area contributed by atoms with Gasteiger partial charge in [-0.2, -0.15) is 10.2 Å². The van der Waals surface area contributed by atoms with Crippen LogP contribution in [0.1, 0.15) is 20.8 Å². The van der Waals surface area contributed by atoms with Crippen LogP contribution in [0.15, 0.2) is 34.5 Å². The molecule has 178 valence electrons. The molecular weight excluding hydrogens is 473 g/mol. The summed E-state index contributed by atoms with van der Waals surface area (Å²) < 4.78 is 21.5. The topological polar surface area (TPSA) is 108 Å². The number of amides is 1. The Kier molecular flexibility index (Phi) is 9.74. The predicted molar refractivity (Wildman–Crippen MR) is 126 cm³/mol. The van der Waals surface area contributed by atoms with Crippen LogP contribution in [0.2, 0.25) is 10.0 Å². The van der Waals surface area contributed by atoms with Gasteiger partial charge >= 0.3 is 0 Å². The van der Waals surface area contributed by atoms with E-state index in [0.717, 1.165) is 0 Å². The minimum absolute atomic E-state index is 0.147. The van der Waals surface area contributed by atoms with E-state index in [1.165, 1.54) is 39.3 Å². The SMILES string of the molecule is CCOc1cc(N=NC(C(C)=O)C(=O)Nc2c(Cl)ccc(OC)c2OC)cc(OCC)c1Cl. The van der Waals surface area contributed by atoms with E-state index in [9.17, 15) is 9.59 Å². The van der Waals surface area contributed by atoms with Gasteiger partial charge in [-0.3, -0.25) is 9.59 Å². The van der Waals surface area contributed by atoms with E-state index < -0.39 is 17.7 Å². The van der Waals surface area contributed by atoms with Gasteiger partial charge in [0.15, 0.2) is 17.3 Å². The van der Waals surface area contributed by atoms with E-state index in [1.807, 2.05) is 0 Å². The largest absolute Gasteiger partial charge is 0.493 e. The first kappa shape index (κ1) is 26.2. The fourth-order valence-electron chi connectivity index (χ4n) is 2.79. The fraction of sp³-hybridized carbons (Fsp3) is 0.364. The van der Waals surface area contributed by atoms with Crippen molar-refractivity contribution >= 4 is 46.3 Å². The summed E-state index contributed by atoms with van der Waals surface area (Å²) in [6.07, 6.45) is 0. The number of benzene rings is 2. The van der Waals surface area contributed by atoms with Crippen LogP contribution < -0.4 is 24.3 Å². The van der Waals surface area contributed by atoms with Crippen molar-refractivity contribution in [2.45, 2.75) is 26.8 Å². The Balaban J connectivity index is 2.37.